The van der Waals surface area contributed by atoms with Gasteiger partial charge in [0.25, 0.3) is 0 Å². The SMILES string of the molecule is CCCCCCCCCCCCCC(CCCC)OC(=O)C1CCC(C(=O)O)CC1. The van der Waals surface area contributed by atoms with Gasteiger partial charge < -0.3 is 9.84 Å². The minimum atomic E-state index is -0.723. The maximum absolute atomic E-state index is 12.6. The third-order valence-electron chi connectivity index (χ3n) is 6.70. The predicted octanol–water partition coefficient (Wildman–Crippen LogP) is 7.68. The Morgan fingerprint density at radius 3 is 1.63 bits per heavy atom. The number of aliphatic carboxylic acids is 1. The van der Waals surface area contributed by atoms with E-state index in [1.807, 2.05) is 0 Å². The molecule has 30 heavy (non-hydrogen) atoms. The minimum Gasteiger partial charge on any atom is -0.481 e. The van der Waals surface area contributed by atoms with Crippen molar-refractivity contribution in [2.45, 2.75) is 142 Å². The van der Waals surface area contributed by atoms with Gasteiger partial charge in [-0.15, -0.1) is 0 Å². The van der Waals surface area contributed by atoms with E-state index < -0.39 is 5.97 Å². The maximum Gasteiger partial charge on any atom is 0.309 e. The molecule has 4 heteroatoms. The third kappa shape index (κ3) is 12.6. The summed E-state index contributed by atoms with van der Waals surface area (Å²) < 4.78 is 5.89. The number of esters is 1. The smallest absolute Gasteiger partial charge is 0.309 e. The molecule has 4 nitrogen and oxygen atoms in total. The molecule has 0 aromatic heterocycles. The molecule has 1 aliphatic rings. The third-order valence-corrected chi connectivity index (χ3v) is 6.70. The Kier molecular flexibility index (Phi) is 15.8. The number of carbonyl (C=O) groups is 2. The Morgan fingerprint density at radius 2 is 1.13 bits per heavy atom. The van der Waals surface area contributed by atoms with E-state index in [2.05, 4.69) is 13.8 Å². The second kappa shape index (κ2) is 17.6. The first-order chi connectivity index (χ1) is 14.6. The van der Waals surface area contributed by atoms with Crippen molar-refractivity contribution in [3.05, 3.63) is 0 Å². The van der Waals surface area contributed by atoms with Crippen LogP contribution in [-0.4, -0.2) is 23.1 Å². The van der Waals surface area contributed by atoms with Crippen LogP contribution in [0.3, 0.4) is 0 Å². The molecule has 0 aromatic carbocycles. The van der Waals surface area contributed by atoms with E-state index in [4.69, 9.17) is 9.84 Å². The summed E-state index contributed by atoms with van der Waals surface area (Å²) in [6, 6.07) is 0. The molecule has 0 saturated heterocycles. The van der Waals surface area contributed by atoms with Gasteiger partial charge in [-0.05, 0) is 44.9 Å². The second-order valence-corrected chi connectivity index (χ2v) is 9.41. The van der Waals surface area contributed by atoms with Crippen LogP contribution < -0.4 is 0 Å². The van der Waals surface area contributed by atoms with E-state index in [9.17, 15) is 9.59 Å². The van der Waals surface area contributed by atoms with Crippen molar-refractivity contribution in [3.63, 3.8) is 0 Å². The van der Waals surface area contributed by atoms with Crippen molar-refractivity contribution in [1.29, 1.82) is 0 Å². The summed E-state index contributed by atoms with van der Waals surface area (Å²) in [5.74, 6) is -1.18. The van der Waals surface area contributed by atoms with Gasteiger partial charge in [-0.25, -0.2) is 0 Å². The summed E-state index contributed by atoms with van der Waals surface area (Å²) in [6.07, 6.45) is 21.4. The zero-order valence-electron chi connectivity index (χ0n) is 19.8. The number of carbonyl (C=O) groups excluding carboxylic acids is 1. The van der Waals surface area contributed by atoms with Crippen molar-refractivity contribution in [2.24, 2.45) is 11.8 Å². The molecule has 0 radical (unpaired) electrons. The first kappa shape index (κ1) is 27.0. The summed E-state index contributed by atoms with van der Waals surface area (Å²) in [5, 5.41) is 9.12. The zero-order chi connectivity index (χ0) is 22.0. The number of unbranched alkanes of at least 4 members (excludes halogenated alkanes) is 11. The average Bonchev–Trinajstić information content (AvgIpc) is 2.75. The Morgan fingerprint density at radius 1 is 0.700 bits per heavy atom. The lowest BCUT2D eigenvalue weighted by Crippen LogP contribution is -2.29. The fourth-order valence-electron chi connectivity index (χ4n) is 4.57. The molecule has 0 heterocycles. The summed E-state index contributed by atoms with van der Waals surface area (Å²) in [5.41, 5.74) is 0. The molecule has 0 spiro atoms. The van der Waals surface area contributed by atoms with Gasteiger partial charge >= 0.3 is 11.9 Å². The molecule has 1 unspecified atom stereocenters. The van der Waals surface area contributed by atoms with Gasteiger partial charge in [-0.3, -0.25) is 9.59 Å². The highest BCUT2D eigenvalue weighted by Gasteiger charge is 2.31. The van der Waals surface area contributed by atoms with Crippen LogP contribution in [0.2, 0.25) is 0 Å². The molecular formula is C26H48O4. The van der Waals surface area contributed by atoms with E-state index in [0.717, 1.165) is 32.1 Å². The lowest BCUT2D eigenvalue weighted by Gasteiger charge is -2.27. The van der Waals surface area contributed by atoms with Crippen LogP contribution in [0, 0.1) is 11.8 Å². The highest BCUT2D eigenvalue weighted by molar-refractivity contribution is 5.74. The molecule has 0 amide bonds. The van der Waals surface area contributed by atoms with Gasteiger partial charge in [-0.1, -0.05) is 90.9 Å². The molecule has 1 fully saturated rings. The van der Waals surface area contributed by atoms with Crippen LogP contribution in [0.4, 0.5) is 0 Å². The molecule has 1 atom stereocenters. The van der Waals surface area contributed by atoms with Crippen LogP contribution in [0.25, 0.3) is 0 Å². The van der Waals surface area contributed by atoms with Crippen LogP contribution in [0.1, 0.15) is 136 Å². The predicted molar refractivity (Wildman–Crippen MR) is 124 cm³/mol. The molecule has 0 aromatic rings. The molecule has 1 saturated carbocycles. The summed E-state index contributed by atoms with van der Waals surface area (Å²) in [6.45, 7) is 4.44. The van der Waals surface area contributed by atoms with E-state index in [-0.39, 0.29) is 23.9 Å². The van der Waals surface area contributed by atoms with E-state index in [0.29, 0.717) is 25.7 Å². The highest BCUT2D eigenvalue weighted by atomic mass is 16.5. The van der Waals surface area contributed by atoms with Crippen LogP contribution in [0.5, 0.6) is 0 Å². The fourth-order valence-corrected chi connectivity index (χ4v) is 4.57. The molecule has 0 bridgehead atoms. The fraction of sp³-hybridized carbons (Fsp3) is 0.923. The Bertz CT molecular complexity index is 440. The van der Waals surface area contributed by atoms with Gasteiger partial charge in [0.05, 0.1) is 11.8 Å². The van der Waals surface area contributed by atoms with E-state index in [1.165, 1.54) is 64.2 Å². The van der Waals surface area contributed by atoms with Crippen molar-refractivity contribution in [2.75, 3.05) is 0 Å². The number of hydrogen-bond acceptors (Lipinski definition) is 3. The molecule has 1 N–H and O–H groups in total. The Hall–Kier alpha value is -1.06. The summed E-state index contributed by atoms with van der Waals surface area (Å²) >= 11 is 0. The largest absolute Gasteiger partial charge is 0.481 e. The first-order valence-electron chi connectivity index (χ1n) is 13.0. The quantitative estimate of drug-likeness (QED) is 0.181. The van der Waals surface area contributed by atoms with Crippen molar-refractivity contribution in [1.82, 2.24) is 0 Å². The van der Waals surface area contributed by atoms with Gasteiger partial charge in [0.1, 0.15) is 6.10 Å². The molecule has 176 valence electrons. The summed E-state index contributed by atoms with van der Waals surface area (Å²) in [4.78, 5) is 23.7. The molecule has 1 rings (SSSR count). The minimum absolute atomic E-state index is 0.0493. The number of carboxylic acid groups (broad SMARTS) is 1. The van der Waals surface area contributed by atoms with Crippen molar-refractivity contribution in [3.8, 4) is 0 Å². The van der Waals surface area contributed by atoms with Crippen LogP contribution in [0.15, 0.2) is 0 Å². The van der Waals surface area contributed by atoms with E-state index >= 15 is 0 Å². The molecular weight excluding hydrogens is 376 g/mol. The van der Waals surface area contributed by atoms with Crippen LogP contribution >= 0.6 is 0 Å². The second-order valence-electron chi connectivity index (χ2n) is 9.41. The van der Waals surface area contributed by atoms with Gasteiger partial charge in [0.2, 0.25) is 0 Å². The number of hydrogen-bond donors (Lipinski definition) is 1. The maximum atomic E-state index is 12.6. The van der Waals surface area contributed by atoms with Crippen molar-refractivity contribution >= 4 is 11.9 Å². The lowest BCUT2D eigenvalue weighted by molar-refractivity contribution is -0.158. The monoisotopic (exact) mass is 424 g/mol. The zero-order valence-corrected chi connectivity index (χ0v) is 19.8. The molecule has 0 aliphatic heterocycles. The number of carboxylic acids is 1. The van der Waals surface area contributed by atoms with Gasteiger partial charge in [-0.2, -0.15) is 0 Å². The lowest BCUT2D eigenvalue weighted by atomic mass is 9.82. The standard InChI is InChI=1S/C26H48O4/c1-3-5-7-8-9-10-11-12-13-14-15-17-24(16-6-4-2)30-26(29)23-20-18-22(19-21-23)25(27)28/h22-24H,3-21H2,1-2H3,(H,27,28). The topological polar surface area (TPSA) is 63.6 Å². The normalized spacial score (nSPS) is 20.1. The highest BCUT2D eigenvalue weighted by Crippen LogP contribution is 2.30. The Balaban J connectivity index is 2.16. The van der Waals surface area contributed by atoms with Gasteiger partial charge in [0.15, 0.2) is 0 Å². The van der Waals surface area contributed by atoms with E-state index in [1.54, 1.807) is 0 Å². The van der Waals surface area contributed by atoms with Crippen LogP contribution in [-0.2, 0) is 14.3 Å². The number of rotatable bonds is 18. The Labute approximate surface area is 185 Å². The van der Waals surface area contributed by atoms with Crippen molar-refractivity contribution < 1.29 is 19.4 Å². The average molecular weight is 425 g/mol. The van der Waals surface area contributed by atoms with Gasteiger partial charge in [0, 0.05) is 0 Å². The molecule has 1 aliphatic carbocycles. The summed E-state index contributed by atoms with van der Waals surface area (Å²) in [7, 11) is 0. The first-order valence-corrected chi connectivity index (χ1v) is 13.0. The number of ether oxygens (including phenoxy) is 1.